The molecule has 1 saturated carbocycles. The SMILES string of the molecule is CCC(C)(CN)NC(=O)C(C)C1CC1. The molecule has 1 aliphatic rings. The second kappa shape index (κ2) is 4.30. The molecule has 0 spiro atoms. The van der Waals surface area contributed by atoms with Gasteiger partial charge in [0, 0.05) is 18.0 Å². The summed E-state index contributed by atoms with van der Waals surface area (Å²) in [5.74, 6) is 0.948. The lowest BCUT2D eigenvalue weighted by Gasteiger charge is -2.29. The molecule has 3 heteroatoms. The van der Waals surface area contributed by atoms with E-state index in [9.17, 15) is 4.79 Å². The molecule has 0 saturated heterocycles. The van der Waals surface area contributed by atoms with Gasteiger partial charge in [-0.3, -0.25) is 4.79 Å². The van der Waals surface area contributed by atoms with E-state index in [1.807, 2.05) is 13.8 Å². The van der Waals surface area contributed by atoms with Crippen LogP contribution in [0.3, 0.4) is 0 Å². The van der Waals surface area contributed by atoms with Crippen molar-refractivity contribution in [1.29, 1.82) is 0 Å². The average molecular weight is 198 g/mol. The molecule has 3 N–H and O–H groups in total. The van der Waals surface area contributed by atoms with Gasteiger partial charge in [0.1, 0.15) is 0 Å². The highest BCUT2D eigenvalue weighted by Gasteiger charge is 2.34. The van der Waals surface area contributed by atoms with Crippen molar-refractivity contribution >= 4 is 5.91 Å². The summed E-state index contributed by atoms with van der Waals surface area (Å²) in [5, 5.41) is 3.05. The Hall–Kier alpha value is -0.570. The zero-order valence-corrected chi connectivity index (χ0v) is 9.47. The van der Waals surface area contributed by atoms with E-state index in [1.54, 1.807) is 0 Å². The van der Waals surface area contributed by atoms with E-state index in [0.29, 0.717) is 12.5 Å². The van der Waals surface area contributed by atoms with Gasteiger partial charge in [0.25, 0.3) is 0 Å². The first-order chi connectivity index (χ1) is 6.52. The highest BCUT2D eigenvalue weighted by molar-refractivity contribution is 5.79. The number of nitrogens with two attached hydrogens (primary N) is 1. The van der Waals surface area contributed by atoms with Crippen LogP contribution in [-0.4, -0.2) is 18.0 Å². The van der Waals surface area contributed by atoms with Gasteiger partial charge < -0.3 is 11.1 Å². The highest BCUT2D eigenvalue weighted by atomic mass is 16.2. The normalized spacial score (nSPS) is 22.6. The molecule has 2 atom stereocenters. The molecule has 0 aromatic carbocycles. The standard InChI is InChI=1S/C11H22N2O/c1-4-11(3,7-12)13-10(14)8(2)9-5-6-9/h8-9H,4-7,12H2,1-3H3,(H,13,14). The summed E-state index contributed by atoms with van der Waals surface area (Å²) in [6.45, 7) is 6.58. The molecule has 0 heterocycles. The van der Waals surface area contributed by atoms with Crippen molar-refractivity contribution in [3.63, 3.8) is 0 Å². The molecule has 1 rings (SSSR count). The van der Waals surface area contributed by atoms with Crippen LogP contribution in [0.5, 0.6) is 0 Å². The van der Waals surface area contributed by atoms with Crippen LogP contribution in [0.4, 0.5) is 0 Å². The second-order valence-electron chi connectivity index (χ2n) is 4.73. The summed E-state index contributed by atoms with van der Waals surface area (Å²) >= 11 is 0. The molecule has 82 valence electrons. The van der Waals surface area contributed by atoms with Crippen molar-refractivity contribution in [2.24, 2.45) is 17.6 Å². The smallest absolute Gasteiger partial charge is 0.223 e. The Morgan fingerprint density at radius 3 is 2.57 bits per heavy atom. The fraction of sp³-hybridized carbons (Fsp3) is 0.909. The highest BCUT2D eigenvalue weighted by Crippen LogP contribution is 2.36. The van der Waals surface area contributed by atoms with Gasteiger partial charge in [-0.1, -0.05) is 13.8 Å². The Morgan fingerprint density at radius 2 is 2.21 bits per heavy atom. The molecule has 0 aliphatic heterocycles. The van der Waals surface area contributed by atoms with Gasteiger partial charge in [-0.25, -0.2) is 0 Å². The molecule has 14 heavy (non-hydrogen) atoms. The Morgan fingerprint density at radius 1 is 1.64 bits per heavy atom. The van der Waals surface area contributed by atoms with Crippen LogP contribution >= 0.6 is 0 Å². The van der Waals surface area contributed by atoms with Crippen molar-refractivity contribution in [1.82, 2.24) is 5.32 Å². The largest absolute Gasteiger partial charge is 0.349 e. The maximum atomic E-state index is 11.8. The number of carbonyl (C=O) groups excluding carboxylic acids is 1. The van der Waals surface area contributed by atoms with Gasteiger partial charge in [0.05, 0.1) is 0 Å². The van der Waals surface area contributed by atoms with E-state index >= 15 is 0 Å². The van der Waals surface area contributed by atoms with Crippen LogP contribution in [-0.2, 0) is 4.79 Å². The van der Waals surface area contributed by atoms with Crippen LogP contribution in [0.1, 0.15) is 40.0 Å². The lowest BCUT2D eigenvalue weighted by Crippen LogP contribution is -2.52. The van der Waals surface area contributed by atoms with E-state index < -0.39 is 0 Å². The first-order valence-corrected chi connectivity index (χ1v) is 5.54. The topological polar surface area (TPSA) is 55.1 Å². The lowest BCUT2D eigenvalue weighted by molar-refractivity contribution is -0.126. The molecule has 2 unspecified atom stereocenters. The van der Waals surface area contributed by atoms with Gasteiger partial charge in [0.2, 0.25) is 5.91 Å². The number of rotatable bonds is 5. The van der Waals surface area contributed by atoms with E-state index in [4.69, 9.17) is 5.73 Å². The summed E-state index contributed by atoms with van der Waals surface area (Å²) < 4.78 is 0. The van der Waals surface area contributed by atoms with Crippen molar-refractivity contribution in [2.75, 3.05) is 6.54 Å². The molecule has 1 amide bonds. The third-order valence-corrected chi connectivity index (χ3v) is 3.40. The number of hydrogen-bond donors (Lipinski definition) is 2. The predicted octanol–water partition coefficient (Wildman–Crippen LogP) is 1.28. The molecule has 1 fully saturated rings. The average Bonchev–Trinajstić information content (AvgIpc) is 2.99. The van der Waals surface area contributed by atoms with Gasteiger partial charge in [0.15, 0.2) is 0 Å². The van der Waals surface area contributed by atoms with Gasteiger partial charge in [-0.2, -0.15) is 0 Å². The fourth-order valence-electron chi connectivity index (χ4n) is 1.51. The molecule has 0 aromatic rings. The molecular weight excluding hydrogens is 176 g/mol. The van der Waals surface area contributed by atoms with Crippen molar-refractivity contribution in [3.05, 3.63) is 0 Å². The first kappa shape index (κ1) is 11.5. The van der Waals surface area contributed by atoms with Crippen LogP contribution < -0.4 is 11.1 Å². The van der Waals surface area contributed by atoms with Crippen LogP contribution in [0.15, 0.2) is 0 Å². The van der Waals surface area contributed by atoms with E-state index in [-0.39, 0.29) is 17.4 Å². The second-order valence-corrected chi connectivity index (χ2v) is 4.73. The van der Waals surface area contributed by atoms with Crippen molar-refractivity contribution < 1.29 is 4.79 Å². The number of amides is 1. The number of carbonyl (C=O) groups is 1. The van der Waals surface area contributed by atoms with Crippen LogP contribution in [0, 0.1) is 11.8 Å². The zero-order valence-electron chi connectivity index (χ0n) is 9.47. The molecular formula is C11H22N2O. The third-order valence-electron chi connectivity index (χ3n) is 3.40. The van der Waals surface area contributed by atoms with Crippen LogP contribution in [0.25, 0.3) is 0 Å². The van der Waals surface area contributed by atoms with Crippen molar-refractivity contribution in [2.45, 2.75) is 45.6 Å². The minimum atomic E-state index is -0.222. The Labute approximate surface area is 86.4 Å². The minimum Gasteiger partial charge on any atom is -0.349 e. The van der Waals surface area contributed by atoms with Gasteiger partial charge in [-0.05, 0) is 32.1 Å². The zero-order chi connectivity index (χ0) is 10.8. The molecule has 0 bridgehead atoms. The fourth-order valence-corrected chi connectivity index (χ4v) is 1.51. The van der Waals surface area contributed by atoms with Gasteiger partial charge >= 0.3 is 0 Å². The molecule has 3 nitrogen and oxygen atoms in total. The summed E-state index contributed by atoms with van der Waals surface area (Å²) in [5.41, 5.74) is 5.42. The Kier molecular flexibility index (Phi) is 3.53. The lowest BCUT2D eigenvalue weighted by atomic mass is 9.96. The maximum absolute atomic E-state index is 11.8. The maximum Gasteiger partial charge on any atom is 0.223 e. The molecule has 0 aromatic heterocycles. The van der Waals surface area contributed by atoms with E-state index in [2.05, 4.69) is 12.2 Å². The summed E-state index contributed by atoms with van der Waals surface area (Å²) in [4.78, 5) is 11.8. The van der Waals surface area contributed by atoms with Crippen LogP contribution in [0.2, 0.25) is 0 Å². The Bertz CT molecular complexity index is 207. The third kappa shape index (κ3) is 2.71. The first-order valence-electron chi connectivity index (χ1n) is 5.54. The summed E-state index contributed by atoms with van der Waals surface area (Å²) in [6.07, 6.45) is 3.30. The summed E-state index contributed by atoms with van der Waals surface area (Å²) in [6, 6.07) is 0. The minimum absolute atomic E-state index is 0.160. The number of hydrogen-bond acceptors (Lipinski definition) is 2. The molecule has 1 aliphatic carbocycles. The molecule has 0 radical (unpaired) electrons. The summed E-state index contributed by atoms with van der Waals surface area (Å²) in [7, 11) is 0. The monoisotopic (exact) mass is 198 g/mol. The van der Waals surface area contributed by atoms with E-state index in [0.717, 1.165) is 6.42 Å². The van der Waals surface area contributed by atoms with Crippen molar-refractivity contribution in [3.8, 4) is 0 Å². The quantitative estimate of drug-likeness (QED) is 0.699. The predicted molar refractivity (Wildman–Crippen MR) is 57.8 cm³/mol. The number of nitrogens with one attached hydrogen (secondary N) is 1. The van der Waals surface area contributed by atoms with E-state index in [1.165, 1.54) is 12.8 Å². The Balaban J connectivity index is 2.45. The van der Waals surface area contributed by atoms with Gasteiger partial charge in [-0.15, -0.1) is 0 Å².